The Bertz CT molecular complexity index is 1040. The van der Waals surface area contributed by atoms with Crippen LogP contribution in [-0.4, -0.2) is 111 Å². The fraction of sp³-hybridized carbons (Fsp3) is 0.750. The molecule has 6 amide bonds. The van der Waals surface area contributed by atoms with Crippen molar-refractivity contribution in [2.75, 3.05) is 19.6 Å². The third-order valence-corrected chi connectivity index (χ3v) is 7.71. The normalized spacial score (nSPS) is 18.7. The number of carboxylic acids is 2. The first-order chi connectivity index (χ1) is 20.3. The highest BCUT2D eigenvalue weighted by atomic mass is 16.4. The molecule has 0 saturated carbocycles. The molecule has 2 rings (SSSR count). The summed E-state index contributed by atoms with van der Waals surface area (Å²) in [6, 6.07) is -5.92. The van der Waals surface area contributed by atoms with E-state index in [4.69, 9.17) is 0 Å². The van der Waals surface area contributed by atoms with Gasteiger partial charge >= 0.3 is 18.0 Å². The number of urea groups is 1. The van der Waals surface area contributed by atoms with Crippen molar-refractivity contribution in [1.29, 1.82) is 0 Å². The van der Waals surface area contributed by atoms with Gasteiger partial charge in [-0.3, -0.25) is 24.0 Å². The van der Waals surface area contributed by atoms with Crippen LogP contribution in [0.5, 0.6) is 0 Å². The van der Waals surface area contributed by atoms with Gasteiger partial charge in [-0.25, -0.2) is 9.59 Å². The Kier molecular flexibility index (Phi) is 13.7. The number of carboxylic acid groups (broad SMARTS) is 2. The van der Waals surface area contributed by atoms with Gasteiger partial charge in [0.05, 0.1) is 12.8 Å². The first kappa shape index (κ1) is 35.3. The quantitative estimate of drug-likeness (QED) is 0.139. The van der Waals surface area contributed by atoms with E-state index in [0.29, 0.717) is 25.9 Å². The Morgan fingerprint density at radius 2 is 1.47 bits per heavy atom. The van der Waals surface area contributed by atoms with Crippen LogP contribution in [0.1, 0.15) is 79.1 Å². The van der Waals surface area contributed by atoms with Crippen molar-refractivity contribution in [1.82, 2.24) is 31.1 Å². The Hall–Kier alpha value is -3.91. The van der Waals surface area contributed by atoms with E-state index >= 15 is 0 Å². The first-order valence-electron chi connectivity index (χ1n) is 15.0. The summed E-state index contributed by atoms with van der Waals surface area (Å²) in [6.45, 7) is 8.38. The third-order valence-electron chi connectivity index (χ3n) is 7.71. The number of nitrogens with zero attached hydrogens (tertiary/aromatic N) is 2. The molecule has 0 aliphatic carbocycles. The fourth-order valence-corrected chi connectivity index (χ4v) is 5.25. The van der Waals surface area contributed by atoms with Crippen molar-refractivity contribution >= 4 is 41.6 Å². The zero-order valence-electron chi connectivity index (χ0n) is 25.4. The second-order valence-electron chi connectivity index (χ2n) is 11.5. The van der Waals surface area contributed by atoms with Gasteiger partial charge in [-0.15, -0.1) is 0 Å². The second kappa shape index (κ2) is 16.7. The summed E-state index contributed by atoms with van der Waals surface area (Å²) in [7, 11) is 0. The van der Waals surface area contributed by atoms with Crippen LogP contribution >= 0.6 is 0 Å². The number of aliphatic carboxylic acids is 2. The molecule has 0 radical (unpaired) electrons. The molecule has 2 saturated heterocycles. The van der Waals surface area contributed by atoms with Crippen LogP contribution in [0, 0.1) is 5.92 Å². The summed E-state index contributed by atoms with van der Waals surface area (Å²) in [5, 5.41) is 29.0. The van der Waals surface area contributed by atoms with Gasteiger partial charge in [-0.1, -0.05) is 27.7 Å². The van der Waals surface area contributed by atoms with Gasteiger partial charge in [0, 0.05) is 25.7 Å². The van der Waals surface area contributed by atoms with E-state index in [1.807, 2.05) is 13.8 Å². The van der Waals surface area contributed by atoms with Crippen molar-refractivity contribution in [3.05, 3.63) is 0 Å². The molecule has 0 bridgehead atoms. The van der Waals surface area contributed by atoms with Gasteiger partial charge in [-0.05, 0) is 44.4 Å². The standard InChI is InChI=1S/C28H46N6O9/c1-5-17(6-2)29-28(43)32-18-9-12-34(26(18)40)21(15-22(35)33-10-7-8-11-33)25(39)30-19(14-23(36)37)24(38)31-20(27(41)42)13-16(3)4/h16-21H,5-15H2,1-4H3,(H,30,39)(H,31,38)(H,36,37)(H,41,42)(H2,29,32,43)/t18-,19+,20+,21+/m1/s1. The van der Waals surface area contributed by atoms with Crippen LogP contribution < -0.4 is 21.3 Å². The van der Waals surface area contributed by atoms with E-state index in [1.54, 1.807) is 18.7 Å². The van der Waals surface area contributed by atoms with Gasteiger partial charge in [0.2, 0.25) is 23.6 Å². The molecule has 2 fully saturated rings. The Morgan fingerprint density at radius 3 is 2.00 bits per heavy atom. The number of carbonyl (C=O) groups excluding carboxylic acids is 5. The van der Waals surface area contributed by atoms with Gasteiger partial charge in [0.15, 0.2) is 0 Å². The summed E-state index contributed by atoms with van der Waals surface area (Å²) in [4.78, 5) is 91.5. The monoisotopic (exact) mass is 610 g/mol. The van der Waals surface area contributed by atoms with Crippen molar-refractivity contribution in [2.45, 2.75) is 109 Å². The van der Waals surface area contributed by atoms with E-state index < -0.39 is 72.7 Å². The molecule has 15 heteroatoms. The maximum Gasteiger partial charge on any atom is 0.326 e. The number of hydrogen-bond donors (Lipinski definition) is 6. The third kappa shape index (κ3) is 10.7. The first-order valence-corrected chi connectivity index (χ1v) is 15.0. The zero-order valence-corrected chi connectivity index (χ0v) is 25.4. The lowest BCUT2D eigenvalue weighted by Crippen LogP contribution is -2.58. The van der Waals surface area contributed by atoms with E-state index in [0.717, 1.165) is 12.8 Å². The number of rotatable bonds is 16. The largest absolute Gasteiger partial charge is 0.481 e. The summed E-state index contributed by atoms with van der Waals surface area (Å²) in [6.07, 6.45) is 1.98. The molecular formula is C28H46N6O9. The van der Waals surface area contributed by atoms with Crippen LogP contribution in [0.3, 0.4) is 0 Å². The van der Waals surface area contributed by atoms with Crippen LogP contribution in [-0.2, 0) is 28.8 Å². The maximum absolute atomic E-state index is 13.6. The van der Waals surface area contributed by atoms with Crippen molar-refractivity contribution in [2.24, 2.45) is 5.92 Å². The van der Waals surface area contributed by atoms with Crippen LogP contribution in [0.2, 0.25) is 0 Å². The van der Waals surface area contributed by atoms with Crippen LogP contribution in [0.15, 0.2) is 0 Å². The molecular weight excluding hydrogens is 564 g/mol. The molecule has 2 aliphatic heterocycles. The van der Waals surface area contributed by atoms with E-state index in [9.17, 15) is 43.8 Å². The Labute approximate surface area is 251 Å². The number of nitrogens with one attached hydrogen (secondary N) is 4. The lowest BCUT2D eigenvalue weighted by atomic mass is 10.0. The molecule has 0 aromatic carbocycles. The number of amides is 6. The topological polar surface area (TPSA) is 215 Å². The molecule has 0 aromatic rings. The molecule has 0 aromatic heterocycles. The lowest BCUT2D eigenvalue weighted by Gasteiger charge is -2.30. The molecule has 0 unspecified atom stereocenters. The highest BCUT2D eigenvalue weighted by molar-refractivity contribution is 5.98. The fourth-order valence-electron chi connectivity index (χ4n) is 5.25. The minimum atomic E-state index is -1.67. The molecule has 2 heterocycles. The highest BCUT2D eigenvalue weighted by Crippen LogP contribution is 2.20. The molecule has 4 atom stereocenters. The average molecular weight is 611 g/mol. The zero-order chi connectivity index (χ0) is 32.3. The van der Waals surface area contributed by atoms with Crippen molar-refractivity contribution < 1.29 is 43.8 Å². The smallest absolute Gasteiger partial charge is 0.326 e. The molecule has 2 aliphatic rings. The van der Waals surface area contributed by atoms with Crippen LogP contribution in [0.4, 0.5) is 4.79 Å². The molecule has 6 N–H and O–H groups in total. The number of hydrogen-bond acceptors (Lipinski definition) is 7. The minimum Gasteiger partial charge on any atom is -0.481 e. The van der Waals surface area contributed by atoms with Crippen molar-refractivity contribution in [3.8, 4) is 0 Å². The molecule has 15 nitrogen and oxygen atoms in total. The van der Waals surface area contributed by atoms with E-state index in [-0.39, 0.29) is 37.3 Å². The van der Waals surface area contributed by atoms with Gasteiger partial charge < -0.3 is 41.3 Å². The summed E-state index contributed by atoms with van der Waals surface area (Å²) >= 11 is 0. The minimum absolute atomic E-state index is 0.0331. The second-order valence-corrected chi connectivity index (χ2v) is 11.5. The molecule has 43 heavy (non-hydrogen) atoms. The highest BCUT2D eigenvalue weighted by Gasteiger charge is 2.42. The van der Waals surface area contributed by atoms with Crippen LogP contribution in [0.25, 0.3) is 0 Å². The lowest BCUT2D eigenvalue weighted by molar-refractivity contribution is -0.146. The number of likely N-dealkylation sites (tertiary alicyclic amines) is 2. The summed E-state index contributed by atoms with van der Waals surface area (Å²) < 4.78 is 0. The SMILES string of the molecule is CCC(CC)NC(=O)N[C@@H]1CCN([C@@H](CC(=O)N2CCCC2)C(=O)N[C@@H](CC(=O)O)C(=O)N[C@@H](CC(C)C)C(=O)O)C1=O. The van der Waals surface area contributed by atoms with Gasteiger partial charge in [0.1, 0.15) is 24.2 Å². The Balaban J connectivity index is 2.25. The number of carbonyl (C=O) groups is 7. The summed E-state index contributed by atoms with van der Waals surface area (Å²) in [5.41, 5.74) is 0. The molecule has 242 valence electrons. The maximum atomic E-state index is 13.6. The summed E-state index contributed by atoms with van der Waals surface area (Å²) in [5.74, 6) is -5.75. The predicted octanol–water partition coefficient (Wildman–Crippen LogP) is 0.0312. The predicted molar refractivity (Wildman–Crippen MR) is 154 cm³/mol. The van der Waals surface area contributed by atoms with Crippen molar-refractivity contribution in [3.63, 3.8) is 0 Å². The van der Waals surface area contributed by atoms with Gasteiger partial charge in [0.25, 0.3) is 0 Å². The van der Waals surface area contributed by atoms with E-state index in [1.165, 1.54) is 4.90 Å². The average Bonchev–Trinajstić information content (AvgIpc) is 3.59. The molecule has 0 spiro atoms. The van der Waals surface area contributed by atoms with Gasteiger partial charge in [-0.2, -0.15) is 0 Å². The van der Waals surface area contributed by atoms with E-state index in [2.05, 4.69) is 21.3 Å². The Morgan fingerprint density at radius 1 is 0.860 bits per heavy atom.